The smallest absolute Gasteiger partial charge is 0.321 e. The summed E-state index contributed by atoms with van der Waals surface area (Å²) in [7, 11) is 1.67. The lowest BCUT2D eigenvalue weighted by Crippen LogP contribution is -2.30. The Labute approximate surface area is 164 Å². The fourth-order valence-corrected chi connectivity index (χ4v) is 3.31. The van der Waals surface area contributed by atoms with E-state index < -0.39 is 0 Å². The van der Waals surface area contributed by atoms with Crippen molar-refractivity contribution in [1.29, 1.82) is 0 Å². The SMILES string of the molecule is COc1ccc2c(c1)OC(C)CN(Cc1ccc(Oc3ncccn3)cc1)C2. The molecule has 1 aliphatic rings. The molecule has 1 aliphatic heterocycles. The molecule has 0 saturated carbocycles. The summed E-state index contributed by atoms with van der Waals surface area (Å²) in [6.07, 6.45) is 3.42. The first-order chi connectivity index (χ1) is 13.7. The van der Waals surface area contributed by atoms with Crippen LogP contribution < -0.4 is 14.2 Å². The molecule has 1 atom stereocenters. The summed E-state index contributed by atoms with van der Waals surface area (Å²) in [5.41, 5.74) is 2.39. The lowest BCUT2D eigenvalue weighted by molar-refractivity contribution is 0.156. The maximum atomic E-state index is 6.10. The van der Waals surface area contributed by atoms with E-state index in [-0.39, 0.29) is 6.10 Å². The molecule has 3 aromatic rings. The minimum absolute atomic E-state index is 0.103. The fraction of sp³-hybridized carbons (Fsp3) is 0.273. The first kappa shape index (κ1) is 18.3. The minimum atomic E-state index is 0.103. The van der Waals surface area contributed by atoms with Gasteiger partial charge < -0.3 is 14.2 Å². The molecular formula is C22H23N3O3. The van der Waals surface area contributed by atoms with Gasteiger partial charge in [0.2, 0.25) is 0 Å². The van der Waals surface area contributed by atoms with Crippen LogP contribution in [0.25, 0.3) is 0 Å². The highest BCUT2D eigenvalue weighted by Gasteiger charge is 2.20. The largest absolute Gasteiger partial charge is 0.497 e. The summed E-state index contributed by atoms with van der Waals surface area (Å²) in [6, 6.07) is 16.2. The van der Waals surface area contributed by atoms with Gasteiger partial charge in [0, 0.05) is 43.7 Å². The van der Waals surface area contributed by atoms with Gasteiger partial charge in [-0.15, -0.1) is 0 Å². The normalized spacial score (nSPS) is 16.6. The van der Waals surface area contributed by atoms with Crippen molar-refractivity contribution in [1.82, 2.24) is 14.9 Å². The van der Waals surface area contributed by atoms with Gasteiger partial charge in [-0.2, -0.15) is 0 Å². The third kappa shape index (κ3) is 4.40. The monoisotopic (exact) mass is 377 g/mol. The Morgan fingerprint density at radius 1 is 1.07 bits per heavy atom. The van der Waals surface area contributed by atoms with Gasteiger partial charge in [-0.05, 0) is 36.8 Å². The van der Waals surface area contributed by atoms with Crippen LogP contribution in [0, 0.1) is 0 Å². The summed E-state index contributed by atoms with van der Waals surface area (Å²) >= 11 is 0. The van der Waals surface area contributed by atoms with Crippen LogP contribution in [0.5, 0.6) is 23.3 Å². The predicted molar refractivity (Wildman–Crippen MR) is 106 cm³/mol. The minimum Gasteiger partial charge on any atom is -0.497 e. The lowest BCUT2D eigenvalue weighted by Gasteiger charge is -2.22. The number of hydrogen-bond acceptors (Lipinski definition) is 6. The maximum Gasteiger partial charge on any atom is 0.321 e. The number of aromatic nitrogens is 2. The van der Waals surface area contributed by atoms with Gasteiger partial charge in [0.25, 0.3) is 0 Å². The zero-order chi connectivity index (χ0) is 19.3. The van der Waals surface area contributed by atoms with Crippen LogP contribution >= 0.6 is 0 Å². The number of nitrogens with zero attached hydrogens (tertiary/aromatic N) is 3. The second kappa shape index (κ2) is 8.27. The zero-order valence-electron chi connectivity index (χ0n) is 16.0. The molecule has 0 N–H and O–H groups in total. The van der Waals surface area contributed by atoms with Crippen molar-refractivity contribution >= 4 is 0 Å². The van der Waals surface area contributed by atoms with Gasteiger partial charge in [-0.1, -0.05) is 18.2 Å². The molecule has 28 heavy (non-hydrogen) atoms. The zero-order valence-corrected chi connectivity index (χ0v) is 16.0. The molecule has 6 heteroatoms. The topological polar surface area (TPSA) is 56.7 Å². The maximum absolute atomic E-state index is 6.10. The van der Waals surface area contributed by atoms with Crippen LogP contribution in [0.3, 0.4) is 0 Å². The third-order valence-electron chi connectivity index (χ3n) is 4.59. The van der Waals surface area contributed by atoms with Crippen LogP contribution in [0.4, 0.5) is 0 Å². The number of ether oxygens (including phenoxy) is 3. The van der Waals surface area contributed by atoms with E-state index >= 15 is 0 Å². The van der Waals surface area contributed by atoms with Crippen LogP contribution in [-0.4, -0.2) is 34.6 Å². The fourth-order valence-electron chi connectivity index (χ4n) is 3.31. The van der Waals surface area contributed by atoms with Crippen molar-refractivity contribution in [2.75, 3.05) is 13.7 Å². The number of methoxy groups -OCH3 is 1. The summed E-state index contributed by atoms with van der Waals surface area (Å²) in [4.78, 5) is 10.5. The van der Waals surface area contributed by atoms with Crippen molar-refractivity contribution in [3.8, 4) is 23.3 Å². The van der Waals surface area contributed by atoms with Crippen molar-refractivity contribution in [2.45, 2.75) is 26.1 Å². The molecule has 0 fully saturated rings. The molecule has 1 aromatic heterocycles. The highest BCUT2D eigenvalue weighted by molar-refractivity contribution is 5.41. The van der Waals surface area contributed by atoms with Crippen molar-refractivity contribution in [3.63, 3.8) is 0 Å². The Morgan fingerprint density at radius 3 is 2.57 bits per heavy atom. The highest BCUT2D eigenvalue weighted by Crippen LogP contribution is 2.30. The van der Waals surface area contributed by atoms with Crippen LogP contribution in [0.2, 0.25) is 0 Å². The molecule has 0 amide bonds. The molecule has 2 aromatic carbocycles. The van der Waals surface area contributed by atoms with E-state index in [0.717, 1.165) is 36.9 Å². The van der Waals surface area contributed by atoms with Crippen LogP contribution in [-0.2, 0) is 13.1 Å². The lowest BCUT2D eigenvalue weighted by atomic mass is 10.1. The molecule has 2 heterocycles. The van der Waals surface area contributed by atoms with Gasteiger partial charge in [0.15, 0.2) is 0 Å². The van der Waals surface area contributed by atoms with Gasteiger partial charge in [0.05, 0.1) is 7.11 Å². The van der Waals surface area contributed by atoms with Crippen LogP contribution in [0.15, 0.2) is 60.9 Å². The van der Waals surface area contributed by atoms with E-state index in [1.165, 1.54) is 11.1 Å². The average molecular weight is 377 g/mol. The molecule has 0 spiro atoms. The van der Waals surface area contributed by atoms with E-state index in [0.29, 0.717) is 6.01 Å². The van der Waals surface area contributed by atoms with Crippen molar-refractivity contribution in [2.24, 2.45) is 0 Å². The van der Waals surface area contributed by atoms with Gasteiger partial charge in [-0.3, -0.25) is 4.90 Å². The first-order valence-corrected chi connectivity index (χ1v) is 9.29. The number of benzene rings is 2. The Hall–Kier alpha value is -3.12. The Kier molecular flexibility index (Phi) is 5.39. The number of rotatable bonds is 5. The summed E-state index contributed by atoms with van der Waals surface area (Å²) in [5, 5.41) is 0. The third-order valence-corrected chi connectivity index (χ3v) is 4.59. The van der Waals surface area contributed by atoms with Crippen molar-refractivity contribution < 1.29 is 14.2 Å². The first-order valence-electron chi connectivity index (χ1n) is 9.29. The van der Waals surface area contributed by atoms with E-state index in [1.54, 1.807) is 25.6 Å². The molecule has 6 nitrogen and oxygen atoms in total. The number of hydrogen-bond donors (Lipinski definition) is 0. The Balaban J connectivity index is 1.44. The quantitative estimate of drug-likeness (QED) is 0.668. The van der Waals surface area contributed by atoms with Gasteiger partial charge >= 0.3 is 6.01 Å². The standard InChI is InChI=1S/C22H23N3O3/c1-16-13-25(15-18-6-9-20(26-2)12-21(18)27-16)14-17-4-7-19(8-5-17)28-22-23-10-3-11-24-22/h3-12,16H,13-15H2,1-2H3. The van der Waals surface area contributed by atoms with Crippen LogP contribution in [0.1, 0.15) is 18.1 Å². The molecule has 0 saturated heterocycles. The van der Waals surface area contributed by atoms with E-state index in [2.05, 4.69) is 40.0 Å². The highest BCUT2D eigenvalue weighted by atomic mass is 16.5. The molecule has 1 unspecified atom stereocenters. The number of fused-ring (bicyclic) bond motifs is 1. The van der Waals surface area contributed by atoms with E-state index in [1.807, 2.05) is 24.3 Å². The second-order valence-corrected chi connectivity index (χ2v) is 6.85. The average Bonchev–Trinajstić information content (AvgIpc) is 2.86. The molecule has 0 aliphatic carbocycles. The predicted octanol–water partition coefficient (Wildman–Crippen LogP) is 4.06. The Morgan fingerprint density at radius 2 is 1.82 bits per heavy atom. The van der Waals surface area contributed by atoms with E-state index in [9.17, 15) is 0 Å². The summed E-state index contributed by atoms with van der Waals surface area (Å²) in [6.45, 7) is 4.62. The summed E-state index contributed by atoms with van der Waals surface area (Å²) < 4.78 is 17.1. The second-order valence-electron chi connectivity index (χ2n) is 6.85. The Bertz CT molecular complexity index is 916. The molecular weight excluding hydrogens is 354 g/mol. The van der Waals surface area contributed by atoms with Gasteiger partial charge in [-0.25, -0.2) is 9.97 Å². The molecule has 0 radical (unpaired) electrons. The summed E-state index contributed by atoms with van der Waals surface area (Å²) in [5.74, 6) is 2.44. The van der Waals surface area contributed by atoms with Crippen molar-refractivity contribution in [3.05, 3.63) is 72.1 Å². The molecule has 0 bridgehead atoms. The molecule has 4 rings (SSSR count). The van der Waals surface area contributed by atoms with Gasteiger partial charge in [0.1, 0.15) is 23.4 Å². The molecule has 144 valence electrons. The van der Waals surface area contributed by atoms with E-state index in [4.69, 9.17) is 14.2 Å².